The first-order valence-electron chi connectivity index (χ1n) is 10.8. The number of fused-ring (bicyclic) bond motifs is 1. The molecule has 0 unspecified atom stereocenters. The van der Waals surface area contributed by atoms with Gasteiger partial charge in [-0.25, -0.2) is 9.37 Å². The highest BCUT2D eigenvalue weighted by molar-refractivity contribution is 7.99. The van der Waals surface area contributed by atoms with E-state index in [0.717, 1.165) is 5.56 Å². The minimum atomic E-state index is -0.335. The fourth-order valence-corrected chi connectivity index (χ4v) is 4.55. The molecule has 0 atom stereocenters. The number of carbonyl (C=O) groups excluding carboxylic acids is 1. The van der Waals surface area contributed by atoms with E-state index in [1.807, 2.05) is 13.0 Å². The van der Waals surface area contributed by atoms with Crippen LogP contribution in [-0.2, 0) is 11.3 Å². The summed E-state index contributed by atoms with van der Waals surface area (Å²) in [6.45, 7) is 2.66. The van der Waals surface area contributed by atoms with Crippen molar-refractivity contribution in [3.05, 3.63) is 94.5 Å². The Labute approximate surface area is 201 Å². The van der Waals surface area contributed by atoms with Gasteiger partial charge in [0.15, 0.2) is 5.16 Å². The summed E-state index contributed by atoms with van der Waals surface area (Å²) < 4.78 is 20.4. The molecule has 1 aromatic heterocycles. The van der Waals surface area contributed by atoms with Crippen molar-refractivity contribution in [2.45, 2.75) is 18.6 Å². The minimum Gasteiger partial charge on any atom is -0.497 e. The SMILES string of the molecule is CCN(Cc1cccc(F)c1)C(=O)CSc1nc2ccccc2c(=O)n1-c1cccc(OC)c1. The van der Waals surface area contributed by atoms with Gasteiger partial charge in [0.1, 0.15) is 11.6 Å². The van der Waals surface area contributed by atoms with E-state index in [4.69, 9.17) is 4.74 Å². The van der Waals surface area contributed by atoms with Crippen LogP contribution in [0.4, 0.5) is 4.39 Å². The number of amides is 1. The van der Waals surface area contributed by atoms with E-state index in [1.54, 1.807) is 66.6 Å². The van der Waals surface area contributed by atoms with Gasteiger partial charge in [-0.1, -0.05) is 42.1 Å². The van der Waals surface area contributed by atoms with Gasteiger partial charge in [-0.05, 0) is 48.9 Å². The summed E-state index contributed by atoms with van der Waals surface area (Å²) in [7, 11) is 1.56. The molecular formula is C26H24FN3O3S. The Hall–Kier alpha value is -3.65. The Morgan fingerprint density at radius 2 is 1.88 bits per heavy atom. The fraction of sp³-hybridized carbons (Fsp3) is 0.192. The second kappa shape index (κ2) is 10.5. The van der Waals surface area contributed by atoms with Crippen molar-refractivity contribution in [2.24, 2.45) is 0 Å². The minimum absolute atomic E-state index is 0.0813. The number of para-hydroxylation sites is 1. The van der Waals surface area contributed by atoms with Crippen LogP contribution in [0, 0.1) is 5.82 Å². The zero-order chi connectivity index (χ0) is 24.1. The highest BCUT2D eigenvalue weighted by Gasteiger charge is 2.18. The van der Waals surface area contributed by atoms with Crippen LogP contribution < -0.4 is 10.3 Å². The number of ether oxygens (including phenoxy) is 1. The van der Waals surface area contributed by atoms with Gasteiger partial charge < -0.3 is 9.64 Å². The first-order chi connectivity index (χ1) is 16.5. The van der Waals surface area contributed by atoms with Crippen LogP contribution in [0.15, 0.2) is 82.7 Å². The molecule has 34 heavy (non-hydrogen) atoms. The lowest BCUT2D eigenvalue weighted by molar-refractivity contribution is -0.128. The summed E-state index contributed by atoms with van der Waals surface area (Å²) in [6, 6.07) is 20.5. The first kappa shape index (κ1) is 23.5. The van der Waals surface area contributed by atoms with E-state index in [1.165, 1.54) is 28.5 Å². The number of thioether (sulfide) groups is 1. The molecule has 0 fully saturated rings. The van der Waals surface area contributed by atoms with E-state index in [2.05, 4.69) is 4.98 Å². The zero-order valence-corrected chi connectivity index (χ0v) is 19.7. The van der Waals surface area contributed by atoms with E-state index in [-0.39, 0.29) is 23.0 Å². The number of hydrogen-bond donors (Lipinski definition) is 0. The number of hydrogen-bond acceptors (Lipinski definition) is 5. The van der Waals surface area contributed by atoms with Crippen molar-refractivity contribution in [1.82, 2.24) is 14.5 Å². The van der Waals surface area contributed by atoms with E-state index >= 15 is 0 Å². The summed E-state index contributed by atoms with van der Waals surface area (Å²) in [5.41, 5.74) is 1.66. The van der Waals surface area contributed by atoms with Crippen molar-refractivity contribution in [3.8, 4) is 11.4 Å². The lowest BCUT2D eigenvalue weighted by atomic mass is 10.2. The molecule has 4 rings (SSSR count). The largest absolute Gasteiger partial charge is 0.497 e. The second-order valence-corrected chi connectivity index (χ2v) is 8.52. The molecule has 0 saturated heterocycles. The molecule has 4 aromatic rings. The third-order valence-electron chi connectivity index (χ3n) is 5.38. The van der Waals surface area contributed by atoms with Crippen LogP contribution in [0.1, 0.15) is 12.5 Å². The van der Waals surface area contributed by atoms with E-state index in [0.29, 0.717) is 40.6 Å². The predicted octanol–water partition coefficient (Wildman–Crippen LogP) is 4.67. The maximum absolute atomic E-state index is 13.6. The molecule has 3 aromatic carbocycles. The molecule has 0 radical (unpaired) electrons. The normalized spacial score (nSPS) is 10.9. The van der Waals surface area contributed by atoms with E-state index in [9.17, 15) is 14.0 Å². The van der Waals surface area contributed by atoms with Gasteiger partial charge >= 0.3 is 0 Å². The molecule has 0 bridgehead atoms. The molecule has 0 aliphatic heterocycles. The molecule has 0 N–H and O–H groups in total. The highest BCUT2D eigenvalue weighted by Crippen LogP contribution is 2.24. The van der Waals surface area contributed by atoms with Gasteiger partial charge in [0.2, 0.25) is 5.91 Å². The molecular weight excluding hydrogens is 453 g/mol. The Balaban J connectivity index is 1.65. The molecule has 0 saturated carbocycles. The number of carbonyl (C=O) groups is 1. The molecule has 1 amide bonds. The third kappa shape index (κ3) is 5.12. The number of benzene rings is 3. The second-order valence-electron chi connectivity index (χ2n) is 7.58. The smallest absolute Gasteiger partial charge is 0.266 e. The van der Waals surface area contributed by atoms with Crippen molar-refractivity contribution in [2.75, 3.05) is 19.4 Å². The fourth-order valence-electron chi connectivity index (χ4n) is 3.64. The van der Waals surface area contributed by atoms with Gasteiger partial charge in [-0.2, -0.15) is 0 Å². The lowest BCUT2D eigenvalue weighted by Gasteiger charge is -2.21. The van der Waals surface area contributed by atoms with Crippen molar-refractivity contribution in [3.63, 3.8) is 0 Å². The van der Waals surface area contributed by atoms with Gasteiger partial charge in [0.25, 0.3) is 5.56 Å². The molecule has 0 aliphatic rings. The van der Waals surface area contributed by atoms with Crippen LogP contribution in [0.25, 0.3) is 16.6 Å². The zero-order valence-electron chi connectivity index (χ0n) is 18.9. The third-order valence-corrected chi connectivity index (χ3v) is 6.30. The maximum Gasteiger partial charge on any atom is 0.266 e. The van der Waals surface area contributed by atoms with Crippen LogP contribution in [0.5, 0.6) is 5.75 Å². The topological polar surface area (TPSA) is 64.4 Å². The van der Waals surface area contributed by atoms with Crippen molar-refractivity contribution in [1.29, 1.82) is 0 Å². The summed E-state index contributed by atoms with van der Waals surface area (Å²) in [6.07, 6.45) is 0. The molecule has 174 valence electrons. The Kier molecular flexibility index (Phi) is 7.27. The molecule has 8 heteroatoms. The van der Waals surface area contributed by atoms with Gasteiger partial charge in [0, 0.05) is 19.2 Å². The average molecular weight is 478 g/mol. The molecule has 1 heterocycles. The summed E-state index contributed by atoms with van der Waals surface area (Å²) >= 11 is 1.20. The predicted molar refractivity (Wildman–Crippen MR) is 132 cm³/mol. The van der Waals surface area contributed by atoms with Gasteiger partial charge in [0.05, 0.1) is 29.5 Å². The van der Waals surface area contributed by atoms with E-state index < -0.39 is 0 Å². The van der Waals surface area contributed by atoms with Crippen LogP contribution in [0.2, 0.25) is 0 Å². The Morgan fingerprint density at radius 1 is 1.09 bits per heavy atom. The number of halogens is 1. The van der Waals surface area contributed by atoms with Crippen molar-refractivity contribution < 1.29 is 13.9 Å². The summed E-state index contributed by atoms with van der Waals surface area (Å²) in [5.74, 6) is 0.226. The summed E-state index contributed by atoms with van der Waals surface area (Å²) in [5, 5.41) is 0.898. The Morgan fingerprint density at radius 3 is 2.65 bits per heavy atom. The quantitative estimate of drug-likeness (QED) is 0.273. The monoisotopic (exact) mass is 477 g/mol. The van der Waals surface area contributed by atoms with Crippen molar-refractivity contribution >= 4 is 28.6 Å². The number of nitrogens with zero attached hydrogens (tertiary/aromatic N) is 3. The van der Waals surface area contributed by atoms with Crippen LogP contribution in [0.3, 0.4) is 0 Å². The highest BCUT2D eigenvalue weighted by atomic mass is 32.2. The number of rotatable bonds is 8. The number of aromatic nitrogens is 2. The standard InChI is InChI=1S/C26H24FN3O3S/c1-3-29(16-18-8-6-9-19(27)14-18)24(31)17-34-26-28-23-13-5-4-12-22(23)25(32)30(26)20-10-7-11-21(15-20)33-2/h4-15H,3,16-17H2,1-2H3. The number of methoxy groups -OCH3 is 1. The lowest BCUT2D eigenvalue weighted by Crippen LogP contribution is -2.32. The van der Waals surface area contributed by atoms with Gasteiger partial charge in [-0.15, -0.1) is 0 Å². The first-order valence-corrected chi connectivity index (χ1v) is 11.8. The van der Waals surface area contributed by atoms with Gasteiger partial charge in [-0.3, -0.25) is 14.2 Å². The van der Waals surface area contributed by atoms with Crippen LogP contribution in [-0.4, -0.2) is 39.8 Å². The molecule has 6 nitrogen and oxygen atoms in total. The Bertz CT molecular complexity index is 1390. The molecule has 0 spiro atoms. The van der Waals surface area contributed by atoms with Crippen LogP contribution >= 0.6 is 11.8 Å². The average Bonchev–Trinajstić information content (AvgIpc) is 2.86. The summed E-state index contributed by atoms with van der Waals surface area (Å²) in [4.78, 5) is 32.7. The molecule has 0 aliphatic carbocycles. The maximum atomic E-state index is 13.6.